The average Bonchev–Trinajstić information content (AvgIpc) is 3.09. The second-order valence-electron chi connectivity index (χ2n) is 8.20. The second-order valence-corrected chi connectivity index (χ2v) is 8.61. The van der Waals surface area contributed by atoms with Crippen molar-refractivity contribution in [3.63, 3.8) is 0 Å². The highest BCUT2D eigenvalue weighted by atomic mass is 35.5. The van der Waals surface area contributed by atoms with Gasteiger partial charge in [0.05, 0.1) is 10.7 Å². The van der Waals surface area contributed by atoms with Crippen molar-refractivity contribution in [3.05, 3.63) is 41.4 Å². The molecule has 1 atom stereocenters. The van der Waals surface area contributed by atoms with Gasteiger partial charge in [-0.1, -0.05) is 36.7 Å². The number of halogens is 1. The monoisotopic (exact) mass is 472 g/mol. The van der Waals surface area contributed by atoms with Crippen molar-refractivity contribution in [3.8, 4) is 11.3 Å². The molecule has 1 aromatic heterocycles. The van der Waals surface area contributed by atoms with Crippen molar-refractivity contribution in [2.24, 2.45) is 0 Å². The molecule has 0 radical (unpaired) electrons. The molecule has 9 heteroatoms. The minimum Gasteiger partial charge on any atom is -0.353 e. The Labute approximate surface area is 200 Å². The van der Waals surface area contributed by atoms with Crippen molar-refractivity contribution in [1.29, 1.82) is 0 Å². The van der Waals surface area contributed by atoms with Crippen LogP contribution in [0.5, 0.6) is 0 Å². The van der Waals surface area contributed by atoms with Crippen LogP contribution in [0.15, 0.2) is 36.4 Å². The minimum absolute atomic E-state index is 0.00381. The number of rotatable bonds is 7. The molecule has 0 saturated carbocycles. The van der Waals surface area contributed by atoms with E-state index in [2.05, 4.69) is 20.4 Å². The molecule has 8 nitrogen and oxygen atoms in total. The molecule has 0 bridgehead atoms. The molecular formula is C24H33ClN6O2. The number of amides is 3. The first kappa shape index (κ1) is 24.8. The number of carbonyl (C=O) groups is 2. The summed E-state index contributed by atoms with van der Waals surface area (Å²) in [6.45, 7) is 9.18. The van der Waals surface area contributed by atoms with Gasteiger partial charge in [0.15, 0.2) is 5.82 Å². The Morgan fingerprint density at radius 3 is 2.55 bits per heavy atom. The third kappa shape index (κ3) is 6.35. The van der Waals surface area contributed by atoms with Crippen molar-refractivity contribution in [1.82, 2.24) is 25.3 Å². The summed E-state index contributed by atoms with van der Waals surface area (Å²) in [7, 11) is 0. The molecule has 1 aliphatic heterocycles. The van der Waals surface area contributed by atoms with Gasteiger partial charge < -0.3 is 20.0 Å². The maximum atomic E-state index is 13.0. The molecule has 2 aromatic rings. The average molecular weight is 473 g/mol. The second kappa shape index (κ2) is 11.8. The summed E-state index contributed by atoms with van der Waals surface area (Å²) in [4.78, 5) is 31.1. The lowest BCUT2D eigenvalue weighted by molar-refractivity contribution is -0.132. The summed E-state index contributed by atoms with van der Waals surface area (Å²) in [5.41, 5.74) is 1.58. The lowest BCUT2D eigenvalue weighted by Gasteiger charge is -2.30. The Hall–Kier alpha value is -2.87. The molecule has 33 heavy (non-hydrogen) atoms. The minimum atomic E-state index is -0.189. The van der Waals surface area contributed by atoms with Gasteiger partial charge in [-0.3, -0.25) is 4.79 Å². The number of hydrogen-bond donors (Lipinski definition) is 1. The summed E-state index contributed by atoms with van der Waals surface area (Å²) < 4.78 is 0. The lowest BCUT2D eigenvalue weighted by atomic mass is 10.1. The van der Waals surface area contributed by atoms with E-state index >= 15 is 0 Å². The summed E-state index contributed by atoms with van der Waals surface area (Å²) in [6, 6.07) is 11.2. The van der Waals surface area contributed by atoms with Crippen LogP contribution in [-0.4, -0.2) is 77.2 Å². The van der Waals surface area contributed by atoms with Gasteiger partial charge in [-0.15, -0.1) is 10.2 Å². The van der Waals surface area contributed by atoms with Gasteiger partial charge in [0.2, 0.25) is 5.91 Å². The van der Waals surface area contributed by atoms with Gasteiger partial charge in [-0.05, 0) is 44.9 Å². The van der Waals surface area contributed by atoms with Crippen LogP contribution in [0.25, 0.3) is 11.3 Å². The van der Waals surface area contributed by atoms with Crippen LogP contribution < -0.4 is 10.2 Å². The molecular weight excluding hydrogens is 440 g/mol. The molecule has 0 unspecified atom stereocenters. The fourth-order valence-electron chi connectivity index (χ4n) is 3.85. The SMILES string of the molecule is CCNC(=O)N(CC(=O)N1CCCN(c2ccc(-c3ccccc3Cl)nn2)CC1)[C@H](C)CC. The van der Waals surface area contributed by atoms with Gasteiger partial charge in [-0.2, -0.15) is 0 Å². The summed E-state index contributed by atoms with van der Waals surface area (Å²) >= 11 is 6.27. The van der Waals surface area contributed by atoms with E-state index in [1.165, 1.54) is 0 Å². The zero-order valence-corrected chi connectivity index (χ0v) is 20.4. The maximum absolute atomic E-state index is 13.0. The Bertz CT molecular complexity index is 939. The summed E-state index contributed by atoms with van der Waals surface area (Å²) in [5, 5.41) is 12.2. The molecule has 178 valence electrons. The lowest BCUT2D eigenvalue weighted by Crippen LogP contribution is -2.50. The molecule has 1 fully saturated rings. The molecule has 1 saturated heterocycles. The van der Waals surface area contributed by atoms with Crippen LogP contribution in [0.1, 0.15) is 33.6 Å². The van der Waals surface area contributed by atoms with E-state index in [0.29, 0.717) is 31.2 Å². The van der Waals surface area contributed by atoms with Crippen LogP contribution in [0.3, 0.4) is 0 Å². The predicted molar refractivity (Wildman–Crippen MR) is 131 cm³/mol. The predicted octanol–water partition coefficient (Wildman–Crippen LogP) is 3.67. The normalized spacial score (nSPS) is 15.0. The Kier molecular flexibility index (Phi) is 8.88. The number of hydrogen-bond acceptors (Lipinski definition) is 5. The van der Waals surface area contributed by atoms with E-state index in [0.717, 1.165) is 36.5 Å². The molecule has 2 heterocycles. The van der Waals surface area contributed by atoms with E-state index in [-0.39, 0.29) is 24.5 Å². The number of nitrogens with one attached hydrogen (secondary N) is 1. The van der Waals surface area contributed by atoms with E-state index in [1.807, 2.05) is 62.1 Å². The number of anilines is 1. The van der Waals surface area contributed by atoms with Gasteiger partial charge in [0, 0.05) is 44.3 Å². The smallest absolute Gasteiger partial charge is 0.318 e. The molecule has 3 amide bonds. The van der Waals surface area contributed by atoms with E-state index < -0.39 is 0 Å². The van der Waals surface area contributed by atoms with Crippen LogP contribution in [-0.2, 0) is 4.79 Å². The van der Waals surface area contributed by atoms with Gasteiger partial charge in [0.25, 0.3) is 0 Å². The first-order valence-electron chi connectivity index (χ1n) is 11.6. The molecule has 1 N–H and O–H groups in total. The number of nitrogens with zero attached hydrogens (tertiary/aromatic N) is 5. The maximum Gasteiger partial charge on any atom is 0.318 e. The fraction of sp³-hybridized carbons (Fsp3) is 0.500. The Balaban J connectivity index is 1.62. The molecule has 3 rings (SSSR count). The number of urea groups is 1. The van der Waals surface area contributed by atoms with Gasteiger partial charge >= 0.3 is 6.03 Å². The van der Waals surface area contributed by atoms with E-state index in [9.17, 15) is 9.59 Å². The van der Waals surface area contributed by atoms with Crippen LogP contribution in [0, 0.1) is 0 Å². The summed E-state index contributed by atoms with van der Waals surface area (Å²) in [6.07, 6.45) is 1.62. The molecule has 0 spiro atoms. The highest BCUT2D eigenvalue weighted by Gasteiger charge is 2.26. The fourth-order valence-corrected chi connectivity index (χ4v) is 4.08. The molecule has 1 aromatic carbocycles. The van der Waals surface area contributed by atoms with E-state index in [4.69, 9.17) is 11.6 Å². The molecule has 0 aliphatic carbocycles. The van der Waals surface area contributed by atoms with Gasteiger partial charge in [-0.25, -0.2) is 4.79 Å². The Morgan fingerprint density at radius 1 is 1.09 bits per heavy atom. The van der Waals surface area contributed by atoms with Gasteiger partial charge in [0.1, 0.15) is 6.54 Å². The third-order valence-electron chi connectivity index (χ3n) is 5.99. The van der Waals surface area contributed by atoms with E-state index in [1.54, 1.807) is 4.90 Å². The highest BCUT2D eigenvalue weighted by Crippen LogP contribution is 2.26. The molecule has 1 aliphatic rings. The first-order chi connectivity index (χ1) is 15.9. The number of aromatic nitrogens is 2. The number of benzene rings is 1. The van der Waals surface area contributed by atoms with Crippen LogP contribution in [0.4, 0.5) is 10.6 Å². The standard InChI is InChI=1S/C24H33ClN6O2/c1-4-18(3)31(24(33)26-5-2)17-23(32)30-14-8-13-29(15-16-30)22-12-11-21(27-28-22)19-9-6-7-10-20(19)25/h6-7,9-12,18H,4-5,8,13-17H2,1-3H3,(H,26,33)/t18-/m1/s1. The quantitative estimate of drug-likeness (QED) is 0.665. The number of carbonyl (C=O) groups excluding carboxylic acids is 2. The topological polar surface area (TPSA) is 81.7 Å². The first-order valence-corrected chi connectivity index (χ1v) is 12.0. The van der Waals surface area contributed by atoms with Crippen LogP contribution >= 0.6 is 11.6 Å². The summed E-state index contributed by atoms with van der Waals surface area (Å²) in [5.74, 6) is 0.757. The van der Waals surface area contributed by atoms with Crippen molar-refractivity contribution in [2.75, 3.05) is 44.2 Å². The zero-order valence-electron chi connectivity index (χ0n) is 19.6. The van der Waals surface area contributed by atoms with Crippen molar-refractivity contribution < 1.29 is 9.59 Å². The highest BCUT2D eigenvalue weighted by molar-refractivity contribution is 6.33. The Morgan fingerprint density at radius 2 is 1.88 bits per heavy atom. The third-order valence-corrected chi connectivity index (χ3v) is 6.32. The van der Waals surface area contributed by atoms with Crippen molar-refractivity contribution >= 4 is 29.4 Å². The zero-order chi connectivity index (χ0) is 23.8. The van der Waals surface area contributed by atoms with Crippen LogP contribution in [0.2, 0.25) is 5.02 Å². The largest absolute Gasteiger partial charge is 0.353 e. The van der Waals surface area contributed by atoms with Crippen molar-refractivity contribution in [2.45, 2.75) is 39.7 Å².